The molecule has 4 N–H and O–H groups in total. The van der Waals surface area contributed by atoms with Gasteiger partial charge in [-0.05, 0) is 78.1 Å². The molecule has 0 fully saturated rings. The summed E-state index contributed by atoms with van der Waals surface area (Å²) in [5.41, 5.74) is 6.32. The molecule has 2 aromatic carbocycles. The van der Waals surface area contributed by atoms with Gasteiger partial charge in [-0.25, -0.2) is 17.5 Å². The van der Waals surface area contributed by atoms with Crippen molar-refractivity contribution in [2.45, 2.75) is 88.7 Å². The molecule has 0 unspecified atom stereocenters. The van der Waals surface area contributed by atoms with Crippen molar-refractivity contribution in [2.75, 3.05) is 6.54 Å². The Balaban J connectivity index is 1.92. The summed E-state index contributed by atoms with van der Waals surface area (Å²) in [6, 6.07) is 11.4. The zero-order chi connectivity index (χ0) is 32.0. The second-order valence-corrected chi connectivity index (χ2v) is 13.4. The molecule has 0 aliphatic heterocycles. The number of hydrogen-bond donors (Lipinski definition) is 4. The summed E-state index contributed by atoms with van der Waals surface area (Å²) in [6.07, 6.45) is 4.05. The first kappa shape index (κ1) is 33.5. The second-order valence-electron chi connectivity index (χ2n) is 11.6. The number of aryl methyl sites for hydroxylation is 1. The summed E-state index contributed by atoms with van der Waals surface area (Å²) in [5, 5.41) is 29.7. The van der Waals surface area contributed by atoms with Gasteiger partial charge < -0.3 is 15.3 Å². The molecule has 0 saturated heterocycles. The third-order valence-electron chi connectivity index (χ3n) is 7.80. The van der Waals surface area contributed by atoms with Crippen molar-refractivity contribution in [3.8, 4) is 22.4 Å². The number of pyridine rings is 1. The number of aliphatic carboxylic acids is 1. The molecule has 0 amide bonds. The summed E-state index contributed by atoms with van der Waals surface area (Å²) in [4.78, 5) is 16.3. The summed E-state index contributed by atoms with van der Waals surface area (Å²) in [5.74, 6) is -1.62. The first-order chi connectivity index (χ1) is 20.9. The molecule has 0 radical (unpaired) electrons. The van der Waals surface area contributed by atoms with Gasteiger partial charge in [-0.1, -0.05) is 57.5 Å². The lowest BCUT2D eigenvalue weighted by Crippen LogP contribution is -2.24. The quantitative estimate of drug-likeness (QED) is 0.175. The minimum absolute atomic E-state index is 0.0804. The van der Waals surface area contributed by atoms with E-state index in [4.69, 9.17) is 10.1 Å². The van der Waals surface area contributed by atoms with E-state index in [1.807, 2.05) is 26.8 Å². The number of carboxylic acid groups (broad SMARTS) is 1. The van der Waals surface area contributed by atoms with Crippen LogP contribution in [0.1, 0.15) is 81.2 Å². The van der Waals surface area contributed by atoms with Gasteiger partial charge in [0.25, 0.3) is 0 Å². The van der Waals surface area contributed by atoms with Gasteiger partial charge >= 0.3 is 5.97 Å². The van der Waals surface area contributed by atoms with Crippen LogP contribution < -0.4 is 4.72 Å². The van der Waals surface area contributed by atoms with Gasteiger partial charge in [-0.15, -0.1) is 0 Å². The highest BCUT2D eigenvalue weighted by Crippen LogP contribution is 2.42. The molecule has 2 atom stereocenters. The van der Waals surface area contributed by atoms with E-state index in [1.165, 1.54) is 18.2 Å². The number of aliphatic hydroxyl groups excluding tert-OH is 2. The highest BCUT2D eigenvalue weighted by Gasteiger charge is 2.27. The Morgan fingerprint density at radius 3 is 2.50 bits per heavy atom. The number of carbonyl (C=O) groups is 1. The highest BCUT2D eigenvalue weighted by molar-refractivity contribution is 7.89. The maximum absolute atomic E-state index is 14.1. The summed E-state index contributed by atoms with van der Waals surface area (Å²) < 4.78 is 43.1. The molecule has 1 aliphatic rings. The first-order valence-corrected chi connectivity index (χ1v) is 16.6. The lowest BCUT2D eigenvalue weighted by molar-refractivity contribution is -0.139. The molecule has 4 rings (SSSR count). The fourth-order valence-electron chi connectivity index (χ4n) is 5.61. The molecule has 1 aromatic heterocycles. The van der Waals surface area contributed by atoms with Crippen LogP contribution in [0.2, 0.25) is 0 Å². The predicted octanol–water partition coefficient (Wildman–Crippen LogP) is 5.85. The molecular formula is C34H41FN2O6S. The molecule has 8 nitrogen and oxygen atoms in total. The van der Waals surface area contributed by atoms with Crippen molar-refractivity contribution in [2.24, 2.45) is 0 Å². The number of unbranched alkanes of at least 4 members (excludes halogenated alkanes) is 1. The molecule has 0 bridgehead atoms. The van der Waals surface area contributed by atoms with Crippen LogP contribution >= 0.6 is 0 Å². The van der Waals surface area contributed by atoms with Gasteiger partial charge in [0.15, 0.2) is 0 Å². The van der Waals surface area contributed by atoms with Gasteiger partial charge in [0.1, 0.15) is 5.82 Å². The van der Waals surface area contributed by atoms with Crippen molar-refractivity contribution in [3.05, 3.63) is 76.7 Å². The van der Waals surface area contributed by atoms with Crippen molar-refractivity contribution in [3.63, 3.8) is 0 Å². The standard InChI is InChI=1S/C34H41FN2O6S/c1-4-5-17-36-44(42,43)27-15-11-22-7-6-8-28-32(23-9-12-24(35)13-10-23)29(16-14-25(38)18-26(39)19-31(40)41)33(21(2)3)37-34(28)30(22)20-27/h9-16,20-21,25-26,36,38-39H,4-8,17-19H2,1-3H3,(H,40,41)/b16-14+/t25-,26-/m1/s1. The number of nitrogens with zero attached hydrogens (tertiary/aromatic N) is 1. The van der Waals surface area contributed by atoms with Crippen LogP contribution in [0.4, 0.5) is 4.39 Å². The largest absolute Gasteiger partial charge is 0.481 e. The third-order valence-corrected chi connectivity index (χ3v) is 9.25. The number of fused-ring (bicyclic) bond motifs is 3. The maximum atomic E-state index is 14.1. The number of hydrogen-bond acceptors (Lipinski definition) is 6. The molecule has 0 saturated carbocycles. The number of benzene rings is 2. The zero-order valence-corrected chi connectivity index (χ0v) is 26.2. The minimum Gasteiger partial charge on any atom is -0.481 e. The van der Waals surface area contributed by atoms with Crippen LogP contribution in [-0.4, -0.2) is 53.4 Å². The Hall–Kier alpha value is -3.44. The van der Waals surface area contributed by atoms with Gasteiger partial charge in [0.2, 0.25) is 10.0 Å². The number of aromatic nitrogens is 1. The minimum atomic E-state index is -3.73. The molecule has 1 heterocycles. The number of carboxylic acids is 1. The van der Waals surface area contributed by atoms with E-state index < -0.39 is 34.6 Å². The van der Waals surface area contributed by atoms with Crippen molar-refractivity contribution >= 4 is 22.1 Å². The number of sulfonamides is 1. The van der Waals surface area contributed by atoms with Crippen LogP contribution in [0, 0.1) is 5.82 Å². The van der Waals surface area contributed by atoms with Gasteiger partial charge in [-0.3, -0.25) is 9.78 Å². The van der Waals surface area contributed by atoms with Crippen LogP contribution in [0.3, 0.4) is 0 Å². The second kappa shape index (κ2) is 14.6. The average Bonchev–Trinajstić information content (AvgIpc) is 3.14. The monoisotopic (exact) mass is 624 g/mol. The van der Waals surface area contributed by atoms with Crippen molar-refractivity contribution < 1.29 is 32.9 Å². The Morgan fingerprint density at radius 2 is 1.84 bits per heavy atom. The smallest absolute Gasteiger partial charge is 0.305 e. The molecule has 1 aliphatic carbocycles. The first-order valence-electron chi connectivity index (χ1n) is 15.1. The maximum Gasteiger partial charge on any atom is 0.305 e. The van der Waals surface area contributed by atoms with Crippen LogP contribution in [0.5, 0.6) is 0 Å². The predicted molar refractivity (Wildman–Crippen MR) is 169 cm³/mol. The summed E-state index contributed by atoms with van der Waals surface area (Å²) >= 11 is 0. The van der Waals surface area contributed by atoms with E-state index in [0.717, 1.165) is 59.1 Å². The van der Waals surface area contributed by atoms with Gasteiger partial charge in [-0.2, -0.15) is 0 Å². The molecule has 3 aromatic rings. The molecule has 10 heteroatoms. The fraction of sp³-hybridized carbons (Fsp3) is 0.412. The number of aliphatic hydroxyl groups is 2. The van der Waals surface area contributed by atoms with Crippen molar-refractivity contribution in [1.82, 2.24) is 9.71 Å². The Labute approximate surface area is 258 Å². The van der Waals surface area contributed by atoms with E-state index in [2.05, 4.69) is 4.72 Å². The Bertz CT molecular complexity index is 1620. The summed E-state index contributed by atoms with van der Waals surface area (Å²) in [7, 11) is -3.73. The SMILES string of the molecule is CCCCNS(=O)(=O)c1ccc2c(c1)-c1nc(C(C)C)c(/C=C/[C@@H](O)C[C@@H](O)CC(=O)O)c(-c3ccc(F)cc3)c1CCC2. The normalized spacial score (nSPS) is 14.7. The van der Waals surface area contributed by atoms with E-state index in [9.17, 15) is 27.8 Å². The molecule has 0 spiro atoms. The molecular weight excluding hydrogens is 583 g/mol. The van der Waals surface area contributed by atoms with Crippen LogP contribution in [0.15, 0.2) is 53.4 Å². The topological polar surface area (TPSA) is 137 Å². The number of nitrogens with one attached hydrogen (secondary N) is 1. The molecule has 236 valence electrons. The third kappa shape index (κ3) is 7.98. The highest BCUT2D eigenvalue weighted by atomic mass is 32.2. The van der Waals surface area contributed by atoms with E-state index in [-0.39, 0.29) is 23.1 Å². The zero-order valence-electron chi connectivity index (χ0n) is 25.4. The van der Waals surface area contributed by atoms with Crippen molar-refractivity contribution in [1.29, 1.82) is 0 Å². The Kier molecular flexibility index (Phi) is 11.1. The van der Waals surface area contributed by atoms with Gasteiger partial charge in [0, 0.05) is 24.1 Å². The summed E-state index contributed by atoms with van der Waals surface area (Å²) in [6.45, 7) is 6.33. The lowest BCUT2D eigenvalue weighted by atomic mass is 9.86. The molecule has 44 heavy (non-hydrogen) atoms. The van der Waals surface area contributed by atoms with E-state index >= 15 is 0 Å². The van der Waals surface area contributed by atoms with E-state index in [0.29, 0.717) is 24.4 Å². The van der Waals surface area contributed by atoms with E-state index in [1.54, 1.807) is 30.3 Å². The average molecular weight is 625 g/mol. The Morgan fingerprint density at radius 1 is 1.11 bits per heavy atom. The lowest BCUT2D eigenvalue weighted by Gasteiger charge is -2.22. The van der Waals surface area contributed by atoms with Crippen LogP contribution in [0.25, 0.3) is 28.5 Å². The number of rotatable bonds is 13. The van der Waals surface area contributed by atoms with Gasteiger partial charge in [0.05, 0.1) is 34.9 Å². The fourth-order valence-corrected chi connectivity index (χ4v) is 6.71. The number of halogens is 1. The van der Waals surface area contributed by atoms with Crippen LogP contribution in [-0.2, 0) is 27.7 Å².